The maximum Gasteiger partial charge on any atom is 0.350 e. The summed E-state index contributed by atoms with van der Waals surface area (Å²) in [6.07, 6.45) is 0.382. The first-order chi connectivity index (χ1) is 15.2. The molecule has 7 nitrogen and oxygen atoms in total. The SMILES string of the molecule is CCC(Sc1cc(C)c2cccc(OC)c2n1)C(=O)Nc1nc(C)c(C(=O)OC(C)C)s1. The topological polar surface area (TPSA) is 90.4 Å². The summed E-state index contributed by atoms with van der Waals surface area (Å²) in [4.78, 5) is 34.6. The number of carbonyl (C=O) groups is 2. The second-order valence-corrected chi connectivity index (χ2v) is 9.75. The van der Waals surface area contributed by atoms with E-state index in [0.29, 0.717) is 27.9 Å². The molecule has 0 aliphatic carbocycles. The molecule has 0 fully saturated rings. The fraction of sp³-hybridized carbons (Fsp3) is 0.391. The van der Waals surface area contributed by atoms with Gasteiger partial charge in [0.1, 0.15) is 16.1 Å². The highest BCUT2D eigenvalue weighted by Crippen LogP contribution is 2.33. The largest absolute Gasteiger partial charge is 0.494 e. The maximum atomic E-state index is 13.0. The Morgan fingerprint density at radius 1 is 1.22 bits per heavy atom. The number of rotatable bonds is 8. The Morgan fingerprint density at radius 3 is 2.62 bits per heavy atom. The minimum atomic E-state index is -0.429. The van der Waals surface area contributed by atoms with Crippen LogP contribution in [0.25, 0.3) is 10.9 Å². The van der Waals surface area contributed by atoms with Crippen molar-refractivity contribution in [2.45, 2.75) is 57.4 Å². The number of pyridine rings is 1. The van der Waals surface area contributed by atoms with Crippen molar-refractivity contribution >= 4 is 51.0 Å². The van der Waals surface area contributed by atoms with E-state index in [2.05, 4.69) is 10.3 Å². The van der Waals surface area contributed by atoms with E-state index in [0.717, 1.165) is 32.8 Å². The molecule has 0 aliphatic heterocycles. The molecule has 3 aromatic rings. The number of anilines is 1. The number of aromatic nitrogens is 2. The number of benzene rings is 1. The summed E-state index contributed by atoms with van der Waals surface area (Å²) in [5, 5.41) is 4.62. The lowest BCUT2D eigenvalue weighted by atomic mass is 10.1. The number of aryl methyl sites for hydroxylation is 2. The molecule has 1 atom stereocenters. The van der Waals surface area contributed by atoms with E-state index in [-0.39, 0.29) is 17.3 Å². The zero-order valence-electron chi connectivity index (χ0n) is 19.0. The molecule has 0 aliphatic rings. The van der Waals surface area contributed by atoms with Gasteiger partial charge in [0, 0.05) is 5.39 Å². The number of nitrogens with zero attached hydrogens (tertiary/aromatic N) is 2. The summed E-state index contributed by atoms with van der Waals surface area (Å²) < 4.78 is 10.7. The first-order valence-electron chi connectivity index (χ1n) is 10.3. The predicted octanol–water partition coefficient (Wildman–Crippen LogP) is 5.39. The second kappa shape index (κ2) is 10.3. The number of thiazole rings is 1. The van der Waals surface area contributed by atoms with Gasteiger partial charge in [0.2, 0.25) is 5.91 Å². The van der Waals surface area contributed by atoms with Crippen molar-refractivity contribution < 1.29 is 19.1 Å². The average molecular weight is 474 g/mol. The molecule has 9 heteroatoms. The van der Waals surface area contributed by atoms with Gasteiger partial charge in [0.15, 0.2) is 5.13 Å². The smallest absolute Gasteiger partial charge is 0.350 e. The van der Waals surface area contributed by atoms with Gasteiger partial charge < -0.3 is 14.8 Å². The molecule has 0 saturated heterocycles. The maximum absolute atomic E-state index is 13.0. The third-order valence-corrected chi connectivity index (χ3v) is 7.02. The minimum Gasteiger partial charge on any atom is -0.494 e. The van der Waals surface area contributed by atoms with E-state index in [4.69, 9.17) is 14.5 Å². The van der Waals surface area contributed by atoms with Crippen LogP contribution in [0.15, 0.2) is 29.3 Å². The third-order valence-electron chi connectivity index (χ3n) is 4.69. The van der Waals surface area contributed by atoms with Crippen LogP contribution in [0.1, 0.15) is 48.1 Å². The molecule has 1 aromatic carbocycles. The number of nitrogens with one attached hydrogen (secondary N) is 1. The molecule has 0 spiro atoms. The van der Waals surface area contributed by atoms with Gasteiger partial charge in [0.25, 0.3) is 0 Å². The van der Waals surface area contributed by atoms with Crippen LogP contribution < -0.4 is 10.1 Å². The van der Waals surface area contributed by atoms with E-state index >= 15 is 0 Å². The van der Waals surface area contributed by atoms with Crippen LogP contribution in [-0.4, -0.2) is 40.3 Å². The molecule has 3 rings (SSSR count). The number of hydrogen-bond acceptors (Lipinski definition) is 8. The fourth-order valence-electron chi connectivity index (χ4n) is 3.15. The quantitative estimate of drug-likeness (QED) is 0.346. The van der Waals surface area contributed by atoms with Crippen molar-refractivity contribution in [1.82, 2.24) is 9.97 Å². The molecular weight excluding hydrogens is 446 g/mol. The summed E-state index contributed by atoms with van der Waals surface area (Å²) in [7, 11) is 1.62. The number of ether oxygens (including phenoxy) is 2. The fourth-order valence-corrected chi connectivity index (χ4v) is 5.01. The number of fused-ring (bicyclic) bond motifs is 1. The van der Waals surface area contributed by atoms with Crippen LogP contribution in [0.2, 0.25) is 0 Å². The van der Waals surface area contributed by atoms with Crippen LogP contribution in [0.3, 0.4) is 0 Å². The zero-order valence-corrected chi connectivity index (χ0v) is 20.6. The Balaban J connectivity index is 1.78. The first kappa shape index (κ1) is 24.0. The zero-order chi connectivity index (χ0) is 23.4. The van der Waals surface area contributed by atoms with Gasteiger partial charge >= 0.3 is 5.97 Å². The van der Waals surface area contributed by atoms with Gasteiger partial charge in [-0.05, 0) is 51.8 Å². The summed E-state index contributed by atoms with van der Waals surface area (Å²) in [6.45, 7) is 9.27. The lowest BCUT2D eigenvalue weighted by Gasteiger charge is -2.15. The normalized spacial score (nSPS) is 12.1. The molecule has 2 aromatic heterocycles. The number of esters is 1. The predicted molar refractivity (Wildman–Crippen MR) is 129 cm³/mol. The number of methoxy groups -OCH3 is 1. The Morgan fingerprint density at radius 2 is 1.97 bits per heavy atom. The molecule has 1 amide bonds. The van der Waals surface area contributed by atoms with Gasteiger partial charge in [-0.3, -0.25) is 4.79 Å². The van der Waals surface area contributed by atoms with Crippen molar-refractivity contribution in [3.05, 3.63) is 40.4 Å². The van der Waals surface area contributed by atoms with Crippen molar-refractivity contribution in [3.63, 3.8) is 0 Å². The molecule has 0 radical (unpaired) electrons. The van der Waals surface area contributed by atoms with Crippen LogP contribution in [0.4, 0.5) is 5.13 Å². The van der Waals surface area contributed by atoms with E-state index in [1.165, 1.54) is 11.8 Å². The monoisotopic (exact) mass is 473 g/mol. The molecule has 0 bridgehead atoms. The highest BCUT2D eigenvalue weighted by molar-refractivity contribution is 8.00. The molecule has 1 N–H and O–H groups in total. The Labute approximate surface area is 195 Å². The van der Waals surface area contributed by atoms with Crippen molar-refractivity contribution in [3.8, 4) is 5.75 Å². The van der Waals surface area contributed by atoms with Crippen LogP contribution >= 0.6 is 23.1 Å². The van der Waals surface area contributed by atoms with Crippen LogP contribution in [0.5, 0.6) is 5.75 Å². The molecule has 2 heterocycles. The molecule has 170 valence electrons. The van der Waals surface area contributed by atoms with Crippen molar-refractivity contribution in [2.75, 3.05) is 12.4 Å². The molecule has 32 heavy (non-hydrogen) atoms. The van der Waals surface area contributed by atoms with E-state index < -0.39 is 5.97 Å². The van der Waals surface area contributed by atoms with Gasteiger partial charge in [-0.15, -0.1) is 0 Å². The Kier molecular flexibility index (Phi) is 7.73. The lowest BCUT2D eigenvalue weighted by Crippen LogP contribution is -2.24. The number of hydrogen-bond donors (Lipinski definition) is 1. The van der Waals surface area contributed by atoms with E-state index in [1.54, 1.807) is 27.9 Å². The van der Waals surface area contributed by atoms with Gasteiger partial charge in [-0.2, -0.15) is 0 Å². The van der Waals surface area contributed by atoms with Gasteiger partial charge in [0.05, 0.1) is 29.2 Å². The number of thioether (sulfide) groups is 1. The summed E-state index contributed by atoms with van der Waals surface area (Å²) in [5.41, 5.74) is 2.38. The molecule has 0 saturated carbocycles. The highest BCUT2D eigenvalue weighted by atomic mass is 32.2. The van der Waals surface area contributed by atoms with E-state index in [9.17, 15) is 9.59 Å². The number of carbonyl (C=O) groups excluding carboxylic acids is 2. The highest BCUT2D eigenvalue weighted by Gasteiger charge is 2.23. The lowest BCUT2D eigenvalue weighted by molar-refractivity contribution is -0.115. The second-order valence-electron chi connectivity index (χ2n) is 7.53. The van der Waals surface area contributed by atoms with Crippen LogP contribution in [0, 0.1) is 13.8 Å². The molecular formula is C23H27N3O4S2. The van der Waals surface area contributed by atoms with Crippen LogP contribution in [-0.2, 0) is 9.53 Å². The standard InChI is InChI=1S/C23H27N3O4S2/c1-7-17(21(27)26-23-24-14(5)20(32-23)22(28)30-12(2)3)31-18-11-13(4)15-9-8-10-16(29-6)19(15)25-18/h8-12,17H,7H2,1-6H3,(H,24,26,27). The van der Waals surface area contributed by atoms with Crippen molar-refractivity contribution in [2.24, 2.45) is 0 Å². The van der Waals surface area contributed by atoms with Crippen molar-refractivity contribution in [1.29, 1.82) is 0 Å². The average Bonchev–Trinajstić information content (AvgIpc) is 3.11. The summed E-state index contributed by atoms with van der Waals surface area (Å²) in [5.74, 6) is 0.0842. The van der Waals surface area contributed by atoms with Gasteiger partial charge in [-0.25, -0.2) is 14.8 Å². The number of amides is 1. The minimum absolute atomic E-state index is 0.186. The Bertz CT molecular complexity index is 1140. The van der Waals surface area contributed by atoms with E-state index in [1.807, 2.05) is 38.1 Å². The van der Waals surface area contributed by atoms with Gasteiger partial charge in [-0.1, -0.05) is 42.2 Å². The summed E-state index contributed by atoms with van der Waals surface area (Å²) >= 11 is 2.52. The Hall–Kier alpha value is -2.65. The first-order valence-corrected chi connectivity index (χ1v) is 12.0. The molecule has 1 unspecified atom stereocenters. The number of para-hydroxylation sites is 1. The third kappa shape index (κ3) is 5.39. The summed E-state index contributed by atoms with van der Waals surface area (Å²) in [6, 6.07) is 7.80.